The molecule has 1 saturated heterocycles. The van der Waals surface area contributed by atoms with Gasteiger partial charge in [0.2, 0.25) is 0 Å². The number of benzene rings is 2. The van der Waals surface area contributed by atoms with E-state index in [1.165, 1.54) is 12.1 Å². The number of amides is 2. The van der Waals surface area contributed by atoms with E-state index in [9.17, 15) is 18.7 Å². The fourth-order valence-corrected chi connectivity index (χ4v) is 5.49. The maximum Gasteiger partial charge on any atom is 0.320 e. The Morgan fingerprint density at radius 1 is 1.13 bits per heavy atom. The van der Waals surface area contributed by atoms with Crippen LogP contribution in [0.1, 0.15) is 41.5 Å². The highest BCUT2D eigenvalue weighted by Crippen LogP contribution is 2.40. The van der Waals surface area contributed by atoms with Gasteiger partial charge in [-0.15, -0.1) is 0 Å². The molecule has 1 aliphatic carbocycles. The summed E-state index contributed by atoms with van der Waals surface area (Å²) in [6.45, 7) is 4.12. The van der Waals surface area contributed by atoms with Crippen LogP contribution in [0.25, 0.3) is 5.69 Å². The van der Waals surface area contributed by atoms with Crippen molar-refractivity contribution in [2.75, 3.05) is 38.7 Å². The molecule has 8 nitrogen and oxygen atoms in total. The van der Waals surface area contributed by atoms with Gasteiger partial charge in [0.05, 0.1) is 30.1 Å². The molecule has 202 valence electrons. The van der Waals surface area contributed by atoms with E-state index in [1.807, 2.05) is 37.3 Å². The fraction of sp³-hybridized carbons (Fsp3) is 0.429. The molecule has 10 heteroatoms. The summed E-state index contributed by atoms with van der Waals surface area (Å²) in [6, 6.07) is 12.2. The number of urea groups is 1. The molecule has 5 rings (SSSR count). The Morgan fingerprint density at radius 2 is 1.84 bits per heavy atom. The molecule has 1 aliphatic heterocycles. The first-order valence-electron chi connectivity index (χ1n) is 12.9. The number of aliphatic hydroxyl groups excluding tert-OH is 1. The molecule has 0 spiro atoms. The minimum absolute atomic E-state index is 0.134. The predicted molar refractivity (Wildman–Crippen MR) is 140 cm³/mol. The Hall–Kier alpha value is -3.34. The van der Waals surface area contributed by atoms with Crippen LogP contribution in [-0.2, 0) is 4.74 Å². The second kappa shape index (κ2) is 11.2. The normalized spacial score (nSPS) is 23.3. The van der Waals surface area contributed by atoms with Gasteiger partial charge in [-0.25, -0.2) is 18.3 Å². The Bertz CT molecular complexity index is 1260. The molecule has 2 aromatic carbocycles. The molecule has 1 saturated carbocycles. The number of nitrogens with zero attached hydrogens (tertiary/aromatic N) is 3. The molecular formula is C28H33F2N5O3. The van der Waals surface area contributed by atoms with Crippen LogP contribution in [0.15, 0.2) is 48.5 Å². The number of methoxy groups -OCH3 is 1. The number of anilines is 1. The van der Waals surface area contributed by atoms with Crippen LogP contribution < -0.4 is 10.6 Å². The number of rotatable bonds is 8. The van der Waals surface area contributed by atoms with Crippen LogP contribution in [0, 0.1) is 18.6 Å². The summed E-state index contributed by atoms with van der Waals surface area (Å²) in [5.74, 6) is -0.901. The number of carbonyl (C=O) groups excluding carboxylic acids is 1. The molecule has 2 atom stereocenters. The summed E-state index contributed by atoms with van der Waals surface area (Å²) in [6.07, 6.45) is 0.960. The van der Waals surface area contributed by atoms with Crippen LogP contribution in [0.2, 0.25) is 0 Å². The number of ether oxygens (including phenoxy) is 1. The summed E-state index contributed by atoms with van der Waals surface area (Å²) in [4.78, 5) is 15.5. The van der Waals surface area contributed by atoms with Crippen molar-refractivity contribution < 1.29 is 23.4 Å². The lowest BCUT2D eigenvalue weighted by Crippen LogP contribution is -2.42. The minimum Gasteiger partial charge on any atom is -0.393 e. The van der Waals surface area contributed by atoms with E-state index < -0.39 is 17.7 Å². The SMILES string of the molecule is COCCN1C[C@@H](NC(=O)Nc2c(C)c(C3CC(O)C3)nn2-c2ccccc2)[C@H](c2cc(F)cc(F)c2)C1. The van der Waals surface area contributed by atoms with E-state index in [0.29, 0.717) is 50.5 Å². The maximum atomic E-state index is 14.0. The van der Waals surface area contributed by atoms with Crippen molar-refractivity contribution >= 4 is 11.8 Å². The number of carbonyl (C=O) groups is 1. The summed E-state index contributed by atoms with van der Waals surface area (Å²) in [5.41, 5.74) is 3.01. The zero-order valence-electron chi connectivity index (χ0n) is 21.5. The Kier molecular flexibility index (Phi) is 7.73. The van der Waals surface area contributed by atoms with Gasteiger partial charge in [0.25, 0.3) is 0 Å². The van der Waals surface area contributed by atoms with Crippen LogP contribution in [0.3, 0.4) is 0 Å². The first kappa shape index (κ1) is 26.3. The zero-order chi connectivity index (χ0) is 26.8. The van der Waals surface area contributed by atoms with E-state index in [4.69, 9.17) is 9.84 Å². The summed E-state index contributed by atoms with van der Waals surface area (Å²) in [7, 11) is 1.62. The number of likely N-dealkylation sites (tertiary alicyclic amines) is 1. The van der Waals surface area contributed by atoms with E-state index >= 15 is 0 Å². The summed E-state index contributed by atoms with van der Waals surface area (Å²) >= 11 is 0. The lowest BCUT2D eigenvalue weighted by molar-refractivity contribution is 0.0729. The smallest absolute Gasteiger partial charge is 0.320 e. The fourth-order valence-electron chi connectivity index (χ4n) is 5.49. The van der Waals surface area contributed by atoms with Gasteiger partial charge in [-0.05, 0) is 49.6 Å². The number of halogens is 2. The van der Waals surface area contributed by atoms with Crippen molar-refractivity contribution in [1.82, 2.24) is 20.0 Å². The quantitative estimate of drug-likeness (QED) is 0.415. The Balaban J connectivity index is 1.39. The summed E-state index contributed by atoms with van der Waals surface area (Å²) in [5, 5.41) is 20.7. The van der Waals surface area contributed by atoms with Crippen LogP contribution >= 0.6 is 0 Å². The van der Waals surface area contributed by atoms with Crippen molar-refractivity contribution in [2.45, 2.75) is 43.7 Å². The standard InChI is InChI=1S/C28H33F2N5O3/c1-17-26(19-12-23(36)13-19)33-35(22-6-4-3-5-7-22)27(17)32-28(37)31-25-16-34(8-9-38-2)15-24(25)18-10-20(29)14-21(30)11-18/h3-7,10-11,14,19,23-25,36H,8-9,12-13,15-16H2,1-2H3,(H2,31,32,37)/t19?,23?,24-,25+/m0/s1. The molecule has 1 aromatic heterocycles. The third kappa shape index (κ3) is 5.57. The minimum atomic E-state index is -0.644. The maximum absolute atomic E-state index is 14.0. The molecule has 3 aromatic rings. The van der Waals surface area contributed by atoms with Crippen LogP contribution in [0.5, 0.6) is 0 Å². The number of hydrogen-bond donors (Lipinski definition) is 3. The second-order valence-electron chi connectivity index (χ2n) is 10.2. The average Bonchev–Trinajstić information content (AvgIpc) is 3.41. The molecule has 3 N–H and O–H groups in total. The average molecular weight is 526 g/mol. The predicted octanol–water partition coefficient (Wildman–Crippen LogP) is 3.93. The molecule has 38 heavy (non-hydrogen) atoms. The van der Waals surface area contributed by atoms with E-state index in [-0.39, 0.29) is 24.0 Å². The third-order valence-corrected chi connectivity index (χ3v) is 7.53. The zero-order valence-corrected chi connectivity index (χ0v) is 21.5. The van der Waals surface area contributed by atoms with E-state index in [2.05, 4.69) is 15.5 Å². The van der Waals surface area contributed by atoms with Crippen molar-refractivity contribution in [3.8, 4) is 5.69 Å². The Labute approximate surface area is 220 Å². The van der Waals surface area contributed by atoms with Crippen molar-refractivity contribution in [1.29, 1.82) is 0 Å². The lowest BCUT2D eigenvalue weighted by Gasteiger charge is -2.30. The van der Waals surface area contributed by atoms with Gasteiger partial charge in [-0.3, -0.25) is 10.2 Å². The van der Waals surface area contributed by atoms with Crippen LogP contribution in [-0.4, -0.2) is 71.3 Å². The largest absolute Gasteiger partial charge is 0.393 e. The number of nitrogens with one attached hydrogen (secondary N) is 2. The van der Waals surface area contributed by atoms with E-state index in [1.54, 1.807) is 11.8 Å². The van der Waals surface area contributed by atoms with E-state index in [0.717, 1.165) is 23.0 Å². The number of para-hydroxylation sites is 1. The Morgan fingerprint density at radius 3 is 2.50 bits per heavy atom. The number of aromatic nitrogens is 2. The highest BCUT2D eigenvalue weighted by molar-refractivity contribution is 5.90. The third-order valence-electron chi connectivity index (χ3n) is 7.53. The van der Waals surface area contributed by atoms with Gasteiger partial charge in [0, 0.05) is 50.2 Å². The molecule has 2 amide bonds. The highest BCUT2D eigenvalue weighted by Gasteiger charge is 2.36. The van der Waals surface area contributed by atoms with Gasteiger partial charge in [-0.1, -0.05) is 18.2 Å². The highest BCUT2D eigenvalue weighted by atomic mass is 19.1. The molecule has 0 unspecified atom stereocenters. The number of aliphatic hydroxyl groups is 1. The molecular weight excluding hydrogens is 492 g/mol. The summed E-state index contributed by atoms with van der Waals surface area (Å²) < 4.78 is 35.0. The lowest BCUT2D eigenvalue weighted by atomic mass is 9.79. The first-order chi connectivity index (χ1) is 18.3. The van der Waals surface area contributed by atoms with Crippen molar-refractivity contribution in [3.05, 3.63) is 77.0 Å². The molecule has 2 fully saturated rings. The van der Waals surface area contributed by atoms with Gasteiger partial charge in [0.15, 0.2) is 0 Å². The molecule has 0 radical (unpaired) electrons. The van der Waals surface area contributed by atoms with Gasteiger partial charge >= 0.3 is 6.03 Å². The number of hydrogen-bond acceptors (Lipinski definition) is 5. The van der Waals surface area contributed by atoms with Crippen molar-refractivity contribution in [2.24, 2.45) is 0 Å². The monoisotopic (exact) mass is 525 g/mol. The van der Waals surface area contributed by atoms with Gasteiger partial charge < -0.3 is 15.2 Å². The first-order valence-corrected chi connectivity index (χ1v) is 12.9. The van der Waals surface area contributed by atoms with Crippen LogP contribution in [0.4, 0.5) is 19.4 Å². The molecule has 2 heterocycles. The second-order valence-corrected chi connectivity index (χ2v) is 10.2. The molecule has 0 bridgehead atoms. The van der Waals surface area contributed by atoms with Gasteiger partial charge in [-0.2, -0.15) is 5.10 Å². The molecule has 2 aliphatic rings. The van der Waals surface area contributed by atoms with Crippen molar-refractivity contribution in [3.63, 3.8) is 0 Å². The van der Waals surface area contributed by atoms with Gasteiger partial charge in [0.1, 0.15) is 17.5 Å². The topological polar surface area (TPSA) is 91.7 Å².